The molecule has 0 spiro atoms. The molecular weight excluding hydrogens is 337 g/mol. The number of nitrogens with zero attached hydrogens (tertiary/aromatic N) is 1. The molecule has 1 saturated heterocycles. The van der Waals surface area contributed by atoms with E-state index in [4.69, 9.17) is 14.2 Å². The van der Waals surface area contributed by atoms with Gasteiger partial charge in [-0.25, -0.2) is 4.39 Å². The van der Waals surface area contributed by atoms with E-state index >= 15 is 0 Å². The van der Waals surface area contributed by atoms with E-state index in [9.17, 15) is 9.18 Å². The maximum absolute atomic E-state index is 13.7. The lowest BCUT2D eigenvalue weighted by Gasteiger charge is -2.26. The van der Waals surface area contributed by atoms with Gasteiger partial charge in [0.1, 0.15) is 11.5 Å². The van der Waals surface area contributed by atoms with E-state index in [1.165, 1.54) is 12.1 Å². The number of likely N-dealkylation sites (tertiary alicyclic amines) is 1. The molecule has 1 atom stereocenters. The van der Waals surface area contributed by atoms with Gasteiger partial charge in [0.2, 0.25) is 0 Å². The summed E-state index contributed by atoms with van der Waals surface area (Å²) in [5.41, 5.74) is 0.906. The smallest absolute Gasteiger partial charge is 0.261 e. The van der Waals surface area contributed by atoms with Crippen LogP contribution in [0.3, 0.4) is 0 Å². The van der Waals surface area contributed by atoms with E-state index in [2.05, 4.69) is 0 Å². The molecule has 2 aromatic rings. The summed E-state index contributed by atoms with van der Waals surface area (Å²) >= 11 is 0. The lowest BCUT2D eigenvalue weighted by Crippen LogP contribution is -2.34. The molecule has 138 valence electrons. The van der Waals surface area contributed by atoms with Crippen molar-refractivity contribution in [3.8, 4) is 17.2 Å². The highest BCUT2D eigenvalue weighted by atomic mass is 19.1. The van der Waals surface area contributed by atoms with Crippen LogP contribution in [0.15, 0.2) is 42.5 Å². The Kier molecular flexibility index (Phi) is 5.61. The van der Waals surface area contributed by atoms with E-state index < -0.39 is 5.82 Å². The minimum atomic E-state index is -0.479. The van der Waals surface area contributed by atoms with Gasteiger partial charge in [0.05, 0.1) is 20.3 Å². The van der Waals surface area contributed by atoms with Crippen LogP contribution in [0.4, 0.5) is 4.39 Å². The number of hydrogen-bond donors (Lipinski definition) is 0. The molecular formula is C20H22FNO4. The van der Waals surface area contributed by atoms with E-state index in [0.717, 1.165) is 18.4 Å². The summed E-state index contributed by atoms with van der Waals surface area (Å²) in [6.07, 6.45) is 1.71. The number of halogens is 1. The zero-order valence-corrected chi connectivity index (χ0v) is 14.9. The minimum Gasteiger partial charge on any atom is -0.497 e. The molecule has 6 heteroatoms. The van der Waals surface area contributed by atoms with E-state index in [1.54, 1.807) is 31.3 Å². The number of carbonyl (C=O) groups is 1. The minimum absolute atomic E-state index is 0.0792. The molecule has 0 saturated carbocycles. The van der Waals surface area contributed by atoms with Gasteiger partial charge >= 0.3 is 0 Å². The molecule has 1 aliphatic heterocycles. The Balaban J connectivity index is 1.75. The lowest BCUT2D eigenvalue weighted by molar-refractivity contribution is -0.134. The van der Waals surface area contributed by atoms with Crippen molar-refractivity contribution in [1.29, 1.82) is 0 Å². The second kappa shape index (κ2) is 8.08. The number of para-hydroxylation sites is 1. The first-order valence-corrected chi connectivity index (χ1v) is 8.52. The second-order valence-corrected chi connectivity index (χ2v) is 6.07. The van der Waals surface area contributed by atoms with Gasteiger partial charge in [-0.15, -0.1) is 0 Å². The lowest BCUT2D eigenvalue weighted by atomic mass is 10.0. The number of ether oxygens (including phenoxy) is 3. The third-order valence-corrected chi connectivity index (χ3v) is 4.56. The number of rotatable bonds is 6. The zero-order chi connectivity index (χ0) is 18.5. The van der Waals surface area contributed by atoms with Crippen molar-refractivity contribution in [2.45, 2.75) is 18.9 Å². The fourth-order valence-electron chi connectivity index (χ4n) is 3.27. The van der Waals surface area contributed by atoms with Crippen molar-refractivity contribution in [1.82, 2.24) is 4.90 Å². The predicted molar refractivity (Wildman–Crippen MR) is 95.1 cm³/mol. The Bertz CT molecular complexity index is 780. The van der Waals surface area contributed by atoms with Crippen molar-refractivity contribution in [2.24, 2.45) is 0 Å². The van der Waals surface area contributed by atoms with Crippen molar-refractivity contribution in [2.75, 3.05) is 27.4 Å². The topological polar surface area (TPSA) is 48.0 Å². The third kappa shape index (κ3) is 3.74. The average Bonchev–Trinajstić information content (AvgIpc) is 3.16. The van der Waals surface area contributed by atoms with Gasteiger partial charge in [0.15, 0.2) is 18.2 Å². The van der Waals surface area contributed by atoms with Crippen molar-refractivity contribution in [3.05, 3.63) is 53.8 Å². The van der Waals surface area contributed by atoms with Crippen LogP contribution in [0.25, 0.3) is 0 Å². The highest BCUT2D eigenvalue weighted by Crippen LogP contribution is 2.39. The Morgan fingerprint density at radius 2 is 1.96 bits per heavy atom. The van der Waals surface area contributed by atoms with Crippen LogP contribution in [0.1, 0.15) is 24.4 Å². The highest BCUT2D eigenvalue weighted by molar-refractivity contribution is 5.78. The maximum Gasteiger partial charge on any atom is 0.261 e. The van der Waals surface area contributed by atoms with Crippen molar-refractivity contribution >= 4 is 5.91 Å². The number of hydrogen-bond acceptors (Lipinski definition) is 4. The van der Waals surface area contributed by atoms with Gasteiger partial charge < -0.3 is 19.1 Å². The number of benzene rings is 2. The molecule has 3 rings (SSSR count). The molecule has 0 unspecified atom stereocenters. The van der Waals surface area contributed by atoms with Crippen molar-refractivity contribution in [3.63, 3.8) is 0 Å². The molecule has 0 N–H and O–H groups in total. The number of amides is 1. The summed E-state index contributed by atoms with van der Waals surface area (Å²) in [4.78, 5) is 14.4. The van der Waals surface area contributed by atoms with Gasteiger partial charge in [-0.1, -0.05) is 12.1 Å². The predicted octanol–water partition coefficient (Wildman–Crippen LogP) is 3.59. The Morgan fingerprint density at radius 1 is 1.15 bits per heavy atom. The summed E-state index contributed by atoms with van der Waals surface area (Å²) in [6, 6.07) is 11.5. The molecule has 0 aliphatic carbocycles. The molecule has 1 aliphatic rings. The fraction of sp³-hybridized carbons (Fsp3) is 0.350. The molecule has 1 amide bonds. The normalized spacial score (nSPS) is 16.4. The zero-order valence-electron chi connectivity index (χ0n) is 14.9. The van der Waals surface area contributed by atoms with Gasteiger partial charge in [0, 0.05) is 12.1 Å². The first-order valence-electron chi connectivity index (χ1n) is 8.52. The highest BCUT2D eigenvalue weighted by Gasteiger charge is 2.32. The molecule has 0 radical (unpaired) electrons. The standard InChI is InChI=1S/C20H22FNO4/c1-24-14-9-10-18(25-2)15(12-14)17-7-5-11-22(17)20(23)13-26-19-8-4-3-6-16(19)21/h3-4,6,8-10,12,17H,5,7,11,13H2,1-2H3/t17-/m1/s1. The van der Waals surface area contributed by atoms with Gasteiger partial charge in [-0.3, -0.25) is 4.79 Å². The largest absolute Gasteiger partial charge is 0.497 e. The summed E-state index contributed by atoms with van der Waals surface area (Å²) in [5.74, 6) is 0.845. The molecule has 0 bridgehead atoms. The van der Waals surface area contributed by atoms with E-state index in [-0.39, 0.29) is 24.3 Å². The molecule has 1 heterocycles. The molecule has 26 heavy (non-hydrogen) atoms. The van der Waals surface area contributed by atoms with Crippen LogP contribution in [-0.2, 0) is 4.79 Å². The monoisotopic (exact) mass is 359 g/mol. The van der Waals surface area contributed by atoms with E-state index in [1.807, 2.05) is 18.2 Å². The van der Waals surface area contributed by atoms with Crippen LogP contribution in [0.5, 0.6) is 17.2 Å². The summed E-state index contributed by atoms with van der Waals surface area (Å²) in [5, 5.41) is 0. The molecule has 1 fully saturated rings. The summed E-state index contributed by atoms with van der Waals surface area (Å²) in [6.45, 7) is 0.425. The van der Waals surface area contributed by atoms with Crippen LogP contribution >= 0.6 is 0 Å². The average molecular weight is 359 g/mol. The summed E-state index contributed by atoms with van der Waals surface area (Å²) < 4.78 is 29.8. The first kappa shape index (κ1) is 18.0. The summed E-state index contributed by atoms with van der Waals surface area (Å²) in [7, 11) is 3.21. The van der Waals surface area contributed by atoms with Crippen LogP contribution < -0.4 is 14.2 Å². The SMILES string of the molecule is COc1ccc(OC)c([C@H]2CCCN2C(=O)COc2ccccc2F)c1. The fourth-order valence-corrected chi connectivity index (χ4v) is 3.27. The Morgan fingerprint density at radius 3 is 2.69 bits per heavy atom. The van der Waals surface area contributed by atoms with Gasteiger partial charge in [0.25, 0.3) is 5.91 Å². The van der Waals surface area contributed by atoms with Gasteiger partial charge in [-0.2, -0.15) is 0 Å². The van der Waals surface area contributed by atoms with Crippen molar-refractivity contribution < 1.29 is 23.4 Å². The third-order valence-electron chi connectivity index (χ3n) is 4.56. The van der Waals surface area contributed by atoms with E-state index in [0.29, 0.717) is 18.0 Å². The van der Waals surface area contributed by atoms with Crippen LogP contribution in [-0.4, -0.2) is 38.2 Å². The van der Waals surface area contributed by atoms with Crippen LogP contribution in [0.2, 0.25) is 0 Å². The first-order chi connectivity index (χ1) is 12.6. The second-order valence-electron chi connectivity index (χ2n) is 6.07. The number of methoxy groups -OCH3 is 2. The quantitative estimate of drug-likeness (QED) is 0.791. The number of carbonyl (C=O) groups excluding carboxylic acids is 1. The Hall–Kier alpha value is -2.76. The maximum atomic E-state index is 13.7. The molecule has 5 nitrogen and oxygen atoms in total. The Labute approximate surface area is 152 Å². The van der Waals surface area contributed by atoms with Gasteiger partial charge in [-0.05, 0) is 43.2 Å². The molecule has 0 aromatic heterocycles. The van der Waals surface area contributed by atoms with Crippen LogP contribution in [0, 0.1) is 5.82 Å². The molecule has 2 aromatic carbocycles.